The van der Waals surface area contributed by atoms with Gasteiger partial charge in [0, 0.05) is 20.0 Å². The molecule has 0 saturated carbocycles. The molecule has 0 spiro atoms. The molecule has 0 aliphatic heterocycles. The molecule has 0 atom stereocenters. The first-order chi connectivity index (χ1) is 9.67. The molecule has 0 fully saturated rings. The van der Waals surface area contributed by atoms with Gasteiger partial charge in [0.15, 0.2) is 0 Å². The maximum atomic E-state index is 4.79. The molecule has 0 saturated heterocycles. The fourth-order valence-corrected chi connectivity index (χ4v) is 3.47. The van der Waals surface area contributed by atoms with Crippen LogP contribution in [-0.4, -0.2) is 27.5 Å². The highest BCUT2D eigenvalue weighted by Crippen LogP contribution is 2.27. The second kappa shape index (κ2) is 5.22. The van der Waals surface area contributed by atoms with Crippen LogP contribution in [0.5, 0.6) is 0 Å². The van der Waals surface area contributed by atoms with Crippen molar-refractivity contribution < 1.29 is 0 Å². The molecule has 1 aromatic carbocycles. The molecule has 2 aromatic heterocycles. The van der Waals surface area contributed by atoms with Gasteiger partial charge in [-0.1, -0.05) is 13.0 Å². The van der Waals surface area contributed by atoms with E-state index in [1.807, 2.05) is 7.05 Å². The largest absolute Gasteiger partial charge is 0.319 e. The Morgan fingerprint density at radius 3 is 2.85 bits per heavy atom. The van der Waals surface area contributed by atoms with Gasteiger partial charge in [-0.3, -0.25) is 4.40 Å². The van der Waals surface area contributed by atoms with E-state index >= 15 is 0 Å². The first-order valence-corrected chi connectivity index (χ1v) is 7.75. The van der Waals surface area contributed by atoms with Crippen molar-refractivity contribution in [3.05, 3.63) is 34.1 Å². The fraction of sp³-hybridized carbons (Fsp3) is 0.400. The molecule has 20 heavy (non-hydrogen) atoms. The average molecular weight is 335 g/mol. The number of hydrogen-bond acceptors (Lipinski definition) is 2. The molecule has 0 aliphatic carbocycles. The van der Waals surface area contributed by atoms with Gasteiger partial charge in [-0.15, -0.1) is 0 Å². The molecule has 3 rings (SSSR count). The van der Waals surface area contributed by atoms with E-state index in [0.29, 0.717) is 0 Å². The van der Waals surface area contributed by atoms with E-state index < -0.39 is 0 Å². The third-order valence-electron chi connectivity index (χ3n) is 3.86. The topological polar surface area (TPSA) is 34.3 Å². The molecule has 0 radical (unpaired) electrons. The highest BCUT2D eigenvalue weighted by atomic mass is 79.9. The summed E-state index contributed by atoms with van der Waals surface area (Å²) in [5.41, 5.74) is 4.82. The first-order valence-electron chi connectivity index (χ1n) is 6.96. The lowest BCUT2D eigenvalue weighted by Gasteiger charge is -2.03. The Kier molecular flexibility index (Phi) is 3.56. The predicted octanol–water partition coefficient (Wildman–Crippen LogP) is 2.91. The second-order valence-electron chi connectivity index (χ2n) is 5.07. The third kappa shape index (κ3) is 1.96. The standard InChI is InChI=1S/C15H19BrN4/c1-4-10-5-6-12-11(9-10)18-15-19(3)13(7-8-17-2)14(16)20(12)15/h5-6,9,17H,4,7-8H2,1-3H3. The van der Waals surface area contributed by atoms with Crippen LogP contribution in [0.3, 0.4) is 0 Å². The van der Waals surface area contributed by atoms with Crippen molar-refractivity contribution in [1.29, 1.82) is 0 Å². The number of likely N-dealkylation sites (N-methyl/N-ethyl adjacent to an activating group) is 1. The minimum Gasteiger partial charge on any atom is -0.319 e. The van der Waals surface area contributed by atoms with Gasteiger partial charge in [0.05, 0.1) is 16.7 Å². The number of aromatic nitrogens is 3. The average Bonchev–Trinajstić information content (AvgIpc) is 2.94. The molecule has 5 heteroatoms. The minimum absolute atomic E-state index is 0.956. The number of aryl methyl sites for hydroxylation is 2. The lowest BCUT2D eigenvalue weighted by molar-refractivity contribution is 0.741. The van der Waals surface area contributed by atoms with Crippen LogP contribution < -0.4 is 5.32 Å². The summed E-state index contributed by atoms with van der Waals surface area (Å²) < 4.78 is 5.48. The highest BCUT2D eigenvalue weighted by Gasteiger charge is 2.17. The van der Waals surface area contributed by atoms with Crippen molar-refractivity contribution >= 4 is 32.7 Å². The summed E-state index contributed by atoms with van der Waals surface area (Å²) in [6, 6.07) is 6.53. The molecule has 2 heterocycles. The molecule has 1 N–H and O–H groups in total. The van der Waals surface area contributed by atoms with Gasteiger partial charge in [-0.05, 0) is 47.1 Å². The van der Waals surface area contributed by atoms with E-state index in [2.05, 4.69) is 62.4 Å². The zero-order valence-electron chi connectivity index (χ0n) is 12.1. The molecular weight excluding hydrogens is 316 g/mol. The van der Waals surface area contributed by atoms with Crippen molar-refractivity contribution in [3.8, 4) is 0 Å². The zero-order chi connectivity index (χ0) is 14.3. The van der Waals surface area contributed by atoms with E-state index in [1.165, 1.54) is 11.3 Å². The number of nitrogens with one attached hydrogen (secondary N) is 1. The Bertz CT molecular complexity index is 769. The van der Waals surface area contributed by atoms with Crippen LogP contribution in [0.1, 0.15) is 18.2 Å². The van der Waals surface area contributed by atoms with E-state index in [0.717, 1.165) is 40.8 Å². The maximum absolute atomic E-state index is 4.79. The lowest BCUT2D eigenvalue weighted by Crippen LogP contribution is -2.12. The van der Waals surface area contributed by atoms with Gasteiger partial charge < -0.3 is 9.88 Å². The van der Waals surface area contributed by atoms with E-state index in [9.17, 15) is 0 Å². The van der Waals surface area contributed by atoms with Crippen molar-refractivity contribution in [2.45, 2.75) is 19.8 Å². The maximum Gasteiger partial charge on any atom is 0.215 e. The van der Waals surface area contributed by atoms with Crippen molar-refractivity contribution in [3.63, 3.8) is 0 Å². The number of fused-ring (bicyclic) bond motifs is 3. The van der Waals surface area contributed by atoms with Gasteiger partial charge >= 0.3 is 0 Å². The van der Waals surface area contributed by atoms with Crippen LogP contribution in [0.15, 0.2) is 22.8 Å². The summed E-state index contributed by atoms with van der Waals surface area (Å²) in [6.07, 6.45) is 2.02. The Balaban J connectivity index is 2.24. The number of imidazole rings is 2. The Labute approximate surface area is 126 Å². The van der Waals surface area contributed by atoms with Crippen LogP contribution in [0, 0.1) is 0 Å². The quantitative estimate of drug-likeness (QED) is 0.796. The van der Waals surface area contributed by atoms with E-state index in [1.54, 1.807) is 0 Å². The Morgan fingerprint density at radius 1 is 1.35 bits per heavy atom. The van der Waals surface area contributed by atoms with Crippen molar-refractivity contribution in [2.75, 3.05) is 13.6 Å². The number of nitrogens with zero attached hydrogens (tertiary/aromatic N) is 3. The summed E-state index contributed by atoms with van der Waals surface area (Å²) in [5, 5.41) is 3.20. The van der Waals surface area contributed by atoms with Crippen molar-refractivity contribution in [1.82, 2.24) is 19.3 Å². The van der Waals surface area contributed by atoms with Gasteiger partial charge in [0.2, 0.25) is 5.78 Å². The number of hydrogen-bond donors (Lipinski definition) is 1. The number of halogens is 1. The monoisotopic (exact) mass is 334 g/mol. The van der Waals surface area contributed by atoms with Crippen LogP contribution in [-0.2, 0) is 19.9 Å². The van der Waals surface area contributed by atoms with Crippen molar-refractivity contribution in [2.24, 2.45) is 7.05 Å². The normalized spacial score (nSPS) is 11.8. The molecule has 106 valence electrons. The van der Waals surface area contributed by atoms with Crippen LogP contribution in [0.4, 0.5) is 0 Å². The van der Waals surface area contributed by atoms with Gasteiger partial charge in [0.25, 0.3) is 0 Å². The number of rotatable bonds is 4. The summed E-state index contributed by atoms with van der Waals surface area (Å²) in [5.74, 6) is 0.992. The molecule has 3 aromatic rings. The first kappa shape index (κ1) is 13.6. The van der Waals surface area contributed by atoms with Crippen LogP contribution >= 0.6 is 15.9 Å². The summed E-state index contributed by atoms with van der Waals surface area (Å²) in [7, 11) is 4.06. The van der Waals surface area contributed by atoms with E-state index in [-0.39, 0.29) is 0 Å². The molecule has 4 nitrogen and oxygen atoms in total. The molecule has 0 unspecified atom stereocenters. The molecule has 0 amide bonds. The zero-order valence-corrected chi connectivity index (χ0v) is 13.7. The van der Waals surface area contributed by atoms with Crippen LogP contribution in [0.2, 0.25) is 0 Å². The van der Waals surface area contributed by atoms with Gasteiger partial charge in [-0.2, -0.15) is 0 Å². The second-order valence-corrected chi connectivity index (χ2v) is 5.83. The fourth-order valence-electron chi connectivity index (χ4n) is 2.65. The SMILES string of the molecule is CCc1ccc2c(c1)nc1n(C)c(CCNC)c(Br)n21. The molecular formula is C15H19BrN4. The van der Waals surface area contributed by atoms with Gasteiger partial charge in [0.1, 0.15) is 4.60 Å². The number of benzene rings is 1. The minimum atomic E-state index is 0.956. The Hall–Kier alpha value is -1.33. The third-order valence-corrected chi connectivity index (χ3v) is 4.67. The summed E-state index contributed by atoms with van der Waals surface area (Å²) in [6.45, 7) is 3.13. The molecule has 0 bridgehead atoms. The van der Waals surface area contributed by atoms with Gasteiger partial charge in [-0.25, -0.2) is 4.98 Å². The highest BCUT2D eigenvalue weighted by molar-refractivity contribution is 9.10. The lowest BCUT2D eigenvalue weighted by atomic mass is 10.1. The molecule has 0 aliphatic rings. The van der Waals surface area contributed by atoms with Crippen LogP contribution in [0.25, 0.3) is 16.8 Å². The Morgan fingerprint density at radius 2 is 2.15 bits per heavy atom. The summed E-state index contributed by atoms with van der Waals surface area (Å²) in [4.78, 5) is 4.79. The smallest absolute Gasteiger partial charge is 0.215 e. The summed E-state index contributed by atoms with van der Waals surface area (Å²) >= 11 is 3.74. The predicted molar refractivity (Wildman–Crippen MR) is 86.4 cm³/mol. The van der Waals surface area contributed by atoms with E-state index in [4.69, 9.17) is 4.98 Å².